The van der Waals surface area contributed by atoms with Gasteiger partial charge in [0.25, 0.3) is 0 Å². The van der Waals surface area contributed by atoms with E-state index in [-0.39, 0.29) is 18.9 Å². The van der Waals surface area contributed by atoms with Crippen LogP contribution in [0.15, 0.2) is 24.3 Å². The van der Waals surface area contributed by atoms with Crippen molar-refractivity contribution in [1.29, 1.82) is 0 Å². The zero-order chi connectivity index (χ0) is 12.7. The van der Waals surface area contributed by atoms with Gasteiger partial charge in [-0.25, -0.2) is 0 Å². The van der Waals surface area contributed by atoms with E-state index in [9.17, 15) is 18.3 Å². The molecule has 0 spiro atoms. The van der Waals surface area contributed by atoms with Crippen molar-refractivity contribution in [1.82, 2.24) is 0 Å². The highest BCUT2D eigenvalue weighted by molar-refractivity contribution is 5.39. The maximum Gasteiger partial charge on any atom is 0.389 e. The number of fused-ring (bicyclic) bond motifs is 1. The van der Waals surface area contributed by atoms with E-state index in [1.165, 1.54) is 0 Å². The highest BCUT2D eigenvalue weighted by Crippen LogP contribution is 2.45. The minimum atomic E-state index is -4.25. The van der Waals surface area contributed by atoms with Gasteiger partial charge in [-0.1, -0.05) is 24.3 Å². The topological polar surface area (TPSA) is 46.2 Å². The number of alkyl halides is 3. The Kier molecular flexibility index (Phi) is 2.91. The molecule has 94 valence electrons. The van der Waals surface area contributed by atoms with E-state index in [0.717, 1.165) is 5.56 Å². The molecule has 0 bridgehead atoms. The lowest BCUT2D eigenvalue weighted by Crippen LogP contribution is -2.26. The summed E-state index contributed by atoms with van der Waals surface area (Å²) in [6, 6.07) is 6.50. The summed E-state index contributed by atoms with van der Waals surface area (Å²) < 4.78 is 36.6. The van der Waals surface area contributed by atoms with Gasteiger partial charge in [0, 0.05) is 12.5 Å². The number of halogens is 3. The predicted octanol–water partition coefficient (Wildman–Crippen LogP) is 2.62. The van der Waals surface area contributed by atoms with E-state index < -0.39 is 18.2 Å². The average molecular weight is 245 g/mol. The Morgan fingerprint density at radius 3 is 2.65 bits per heavy atom. The third-order valence-electron chi connectivity index (χ3n) is 3.24. The summed E-state index contributed by atoms with van der Waals surface area (Å²) in [5, 5.41) is 10.3. The van der Waals surface area contributed by atoms with E-state index in [0.29, 0.717) is 5.56 Å². The van der Waals surface area contributed by atoms with Crippen molar-refractivity contribution >= 4 is 0 Å². The summed E-state index contributed by atoms with van der Waals surface area (Å²) >= 11 is 0. The zero-order valence-electron chi connectivity index (χ0n) is 9.17. The Morgan fingerprint density at radius 2 is 2.00 bits per heavy atom. The Labute approximate surface area is 97.2 Å². The van der Waals surface area contributed by atoms with Gasteiger partial charge in [-0.05, 0) is 24.0 Å². The molecule has 0 fully saturated rings. The Bertz CT molecular complexity index is 418. The van der Waals surface area contributed by atoms with Crippen LogP contribution in [0.4, 0.5) is 13.2 Å². The van der Waals surface area contributed by atoms with Crippen LogP contribution in [0.1, 0.15) is 36.4 Å². The lowest BCUT2D eigenvalue weighted by atomic mass is 9.91. The molecule has 3 N–H and O–H groups in total. The highest BCUT2D eigenvalue weighted by atomic mass is 19.4. The lowest BCUT2D eigenvalue weighted by molar-refractivity contribution is -0.147. The summed E-state index contributed by atoms with van der Waals surface area (Å²) in [5.41, 5.74) is 5.67. The molecule has 5 heteroatoms. The summed E-state index contributed by atoms with van der Waals surface area (Å²) in [6.07, 6.45) is -5.43. The molecule has 1 aliphatic rings. The summed E-state index contributed by atoms with van der Waals surface area (Å²) in [6.45, 7) is 0. The third-order valence-corrected chi connectivity index (χ3v) is 3.24. The fourth-order valence-electron chi connectivity index (χ4n) is 2.41. The molecule has 0 aromatic heterocycles. The highest BCUT2D eigenvalue weighted by Gasteiger charge is 2.43. The first-order valence-electron chi connectivity index (χ1n) is 5.46. The molecule has 0 saturated carbocycles. The van der Waals surface area contributed by atoms with Crippen LogP contribution in [0.5, 0.6) is 0 Å². The van der Waals surface area contributed by atoms with E-state index in [2.05, 4.69) is 0 Å². The molecule has 0 aliphatic heterocycles. The Hall–Kier alpha value is -1.07. The second kappa shape index (κ2) is 3.99. The minimum Gasteiger partial charge on any atom is -0.385 e. The summed E-state index contributed by atoms with van der Waals surface area (Å²) in [4.78, 5) is 0. The fraction of sp³-hybridized carbons (Fsp3) is 0.500. The van der Waals surface area contributed by atoms with Crippen LogP contribution in [0, 0.1) is 0 Å². The van der Waals surface area contributed by atoms with Crippen molar-refractivity contribution in [3.8, 4) is 0 Å². The SMILES string of the molecule is NC1CC(O)(CCC(F)(F)F)c2ccccc21. The van der Waals surface area contributed by atoms with E-state index in [1.54, 1.807) is 24.3 Å². The van der Waals surface area contributed by atoms with Gasteiger partial charge in [-0.2, -0.15) is 13.2 Å². The number of hydrogen-bond donors (Lipinski definition) is 2. The number of hydrogen-bond acceptors (Lipinski definition) is 2. The van der Waals surface area contributed by atoms with E-state index >= 15 is 0 Å². The van der Waals surface area contributed by atoms with Gasteiger partial charge in [-0.3, -0.25) is 0 Å². The molecule has 1 aliphatic carbocycles. The van der Waals surface area contributed by atoms with Crippen LogP contribution in [-0.2, 0) is 5.60 Å². The van der Waals surface area contributed by atoms with Crippen molar-refractivity contribution < 1.29 is 18.3 Å². The molecule has 2 nitrogen and oxygen atoms in total. The molecule has 0 radical (unpaired) electrons. The normalized spacial score (nSPS) is 28.2. The van der Waals surface area contributed by atoms with Gasteiger partial charge in [0.1, 0.15) is 0 Å². The molecule has 0 heterocycles. The Balaban J connectivity index is 2.23. The summed E-state index contributed by atoms with van der Waals surface area (Å²) in [5.74, 6) is 0. The van der Waals surface area contributed by atoms with Crippen molar-refractivity contribution in [3.05, 3.63) is 35.4 Å². The predicted molar refractivity (Wildman–Crippen MR) is 57.2 cm³/mol. The van der Waals surface area contributed by atoms with E-state index in [1.807, 2.05) is 0 Å². The molecule has 0 amide bonds. The van der Waals surface area contributed by atoms with Crippen molar-refractivity contribution in [2.45, 2.75) is 37.1 Å². The van der Waals surface area contributed by atoms with Crippen LogP contribution < -0.4 is 5.73 Å². The van der Waals surface area contributed by atoms with Gasteiger partial charge in [-0.15, -0.1) is 0 Å². The molecule has 2 unspecified atom stereocenters. The molecule has 0 saturated heterocycles. The zero-order valence-corrected chi connectivity index (χ0v) is 9.17. The molecule has 1 aromatic carbocycles. The van der Waals surface area contributed by atoms with E-state index in [4.69, 9.17) is 5.73 Å². The van der Waals surface area contributed by atoms with Crippen molar-refractivity contribution in [2.75, 3.05) is 0 Å². The quantitative estimate of drug-likeness (QED) is 0.841. The minimum absolute atomic E-state index is 0.155. The number of benzene rings is 1. The van der Waals surface area contributed by atoms with Crippen molar-refractivity contribution in [2.24, 2.45) is 5.73 Å². The van der Waals surface area contributed by atoms with Crippen molar-refractivity contribution in [3.63, 3.8) is 0 Å². The average Bonchev–Trinajstić information content (AvgIpc) is 2.50. The second-order valence-corrected chi connectivity index (χ2v) is 4.54. The number of nitrogens with two attached hydrogens (primary N) is 1. The maximum atomic E-state index is 12.2. The van der Waals surface area contributed by atoms with Gasteiger partial charge < -0.3 is 10.8 Å². The molecule has 2 rings (SSSR count). The summed E-state index contributed by atoms with van der Waals surface area (Å²) in [7, 11) is 0. The van der Waals surface area contributed by atoms with Crippen LogP contribution in [0.25, 0.3) is 0 Å². The standard InChI is InChI=1S/C12H14F3NO/c13-12(14,15)6-5-11(17)7-10(16)8-3-1-2-4-9(8)11/h1-4,10,17H,5-7,16H2. The first-order chi connectivity index (χ1) is 7.82. The van der Waals surface area contributed by atoms with Crippen LogP contribution in [0.3, 0.4) is 0 Å². The van der Waals surface area contributed by atoms with Crippen LogP contribution in [-0.4, -0.2) is 11.3 Å². The molecule has 17 heavy (non-hydrogen) atoms. The second-order valence-electron chi connectivity index (χ2n) is 4.54. The molecule has 1 aromatic rings. The smallest absolute Gasteiger partial charge is 0.385 e. The number of aliphatic hydroxyl groups is 1. The van der Waals surface area contributed by atoms with Crippen LogP contribution in [0.2, 0.25) is 0 Å². The van der Waals surface area contributed by atoms with Gasteiger partial charge in [0.2, 0.25) is 0 Å². The van der Waals surface area contributed by atoms with Gasteiger partial charge in [0.15, 0.2) is 0 Å². The van der Waals surface area contributed by atoms with Crippen LogP contribution >= 0.6 is 0 Å². The van der Waals surface area contributed by atoms with Gasteiger partial charge in [0.05, 0.1) is 5.60 Å². The Morgan fingerprint density at radius 1 is 1.35 bits per heavy atom. The van der Waals surface area contributed by atoms with Gasteiger partial charge >= 0.3 is 6.18 Å². The monoisotopic (exact) mass is 245 g/mol. The third kappa shape index (κ3) is 2.45. The first kappa shape index (κ1) is 12.4. The lowest BCUT2D eigenvalue weighted by Gasteiger charge is -2.24. The molecular formula is C12H14F3NO. The molecular weight excluding hydrogens is 231 g/mol. The molecule has 2 atom stereocenters. The number of rotatable bonds is 2. The maximum absolute atomic E-state index is 12.2. The fourth-order valence-corrected chi connectivity index (χ4v) is 2.41. The largest absolute Gasteiger partial charge is 0.389 e. The first-order valence-corrected chi connectivity index (χ1v) is 5.46.